The first-order valence-corrected chi connectivity index (χ1v) is 16.7. The van der Waals surface area contributed by atoms with Gasteiger partial charge in [-0.1, -0.05) is 0 Å². The Labute approximate surface area is 364 Å². The Balaban J connectivity index is 0.0000360. The fourth-order valence-corrected chi connectivity index (χ4v) is 5.15. The van der Waals surface area contributed by atoms with Gasteiger partial charge >= 0.3 is 87.6 Å². The van der Waals surface area contributed by atoms with E-state index in [-0.39, 0.29) is 98.8 Å². The van der Waals surface area contributed by atoms with Crippen molar-refractivity contribution in [2.75, 3.05) is 98.3 Å². The molecular weight excluding hydrogens is 1040 g/mol. The van der Waals surface area contributed by atoms with Crippen LogP contribution >= 0.6 is 0 Å². The van der Waals surface area contributed by atoms with Gasteiger partial charge in [0.25, 0.3) is 0 Å². The van der Waals surface area contributed by atoms with Crippen molar-refractivity contribution in [2.24, 2.45) is 0 Å². The van der Waals surface area contributed by atoms with Gasteiger partial charge in [-0.05, 0) is 0 Å². The van der Waals surface area contributed by atoms with Crippen LogP contribution in [0.25, 0.3) is 0 Å². The monoisotopic (exact) mass is 1080 g/mol. The number of ether oxygens (including phenoxy) is 1. The van der Waals surface area contributed by atoms with Gasteiger partial charge in [-0.2, -0.15) is 74.6 Å². The normalized spacial score (nSPS) is 18.1. The molecule has 0 aliphatic carbocycles. The average molecular weight is 1080 g/mol. The molecule has 32 heteroatoms. The summed E-state index contributed by atoms with van der Waals surface area (Å²) >= 11 is 0. The van der Waals surface area contributed by atoms with E-state index in [1.807, 2.05) is 5.32 Å². The van der Waals surface area contributed by atoms with Gasteiger partial charge in [0.1, 0.15) is 6.61 Å². The minimum absolute atomic E-state index is 0. The quantitative estimate of drug-likeness (QED) is 0.0984. The number of aliphatic hydroxyl groups is 1. The molecule has 1 saturated heterocycles. The standard InChI is InChI=1S/C29H38F17N5O9.Gd/c30-22(31,23(32,33)24(34,35)25(36,37)26(38,39)27(40,41)28(42,43)29(44,45)46)1-10-60-16-18(53)47-11-17(52)12-48-2-4-49(13-19(54)55)6-8-51(15-21(58)59)9-7-50(5-3-48)14-20(56)57;/h17,52H,1-16H2,(H,47,53)(H,54,55)(H,56,57)(H,58,59);/q;+3/p-3. The van der Waals surface area contributed by atoms with Crippen molar-refractivity contribution in [1.82, 2.24) is 24.9 Å². The second-order valence-electron chi connectivity index (χ2n) is 13.2. The Hall–Kier alpha value is -2.23. The molecular formula is C29H35F17GdN5O9. The van der Waals surface area contributed by atoms with E-state index in [4.69, 9.17) is 0 Å². The molecule has 0 saturated carbocycles. The number of carboxylic acids is 3. The average Bonchev–Trinajstić information content (AvgIpc) is 3.08. The van der Waals surface area contributed by atoms with Gasteiger partial charge in [-0.3, -0.25) is 24.4 Å². The molecule has 1 rings (SSSR count). The molecule has 0 aromatic heterocycles. The van der Waals surface area contributed by atoms with Crippen LogP contribution < -0.4 is 20.6 Å². The molecule has 1 amide bonds. The molecule has 1 radical (unpaired) electrons. The van der Waals surface area contributed by atoms with Gasteiger partial charge in [-0.25, -0.2) is 0 Å². The molecule has 14 nitrogen and oxygen atoms in total. The van der Waals surface area contributed by atoms with Crippen LogP contribution in [0.1, 0.15) is 6.42 Å². The molecule has 1 aliphatic rings. The Kier molecular flexibility index (Phi) is 21.8. The van der Waals surface area contributed by atoms with E-state index in [0.717, 1.165) is 0 Å². The van der Waals surface area contributed by atoms with Gasteiger partial charge in [0, 0.05) is 91.5 Å². The Morgan fingerprint density at radius 3 is 1.18 bits per heavy atom. The third-order valence-electron chi connectivity index (χ3n) is 8.57. The number of nitrogens with zero attached hydrogens (tertiary/aromatic N) is 4. The molecule has 61 heavy (non-hydrogen) atoms. The van der Waals surface area contributed by atoms with Crippen LogP contribution in [0.15, 0.2) is 0 Å². The summed E-state index contributed by atoms with van der Waals surface area (Å²) < 4.78 is 232. The maximum atomic E-state index is 14.1. The number of hydrogen-bond donors (Lipinski definition) is 2. The van der Waals surface area contributed by atoms with E-state index >= 15 is 0 Å². The summed E-state index contributed by atoms with van der Waals surface area (Å²) in [5.74, 6) is -63.4. The summed E-state index contributed by atoms with van der Waals surface area (Å²) in [5.41, 5.74) is 0. The molecule has 0 aromatic carbocycles. The summed E-state index contributed by atoms with van der Waals surface area (Å²) in [6.45, 7) is -6.92. The number of alkyl halides is 17. The maximum Gasteiger partial charge on any atom is 3.00 e. The van der Waals surface area contributed by atoms with Crippen LogP contribution in [0.3, 0.4) is 0 Å². The van der Waals surface area contributed by atoms with E-state index in [0.29, 0.717) is 0 Å². The van der Waals surface area contributed by atoms with Gasteiger partial charge in [0.2, 0.25) is 5.91 Å². The molecule has 357 valence electrons. The molecule has 1 unspecified atom stereocenters. The van der Waals surface area contributed by atoms with E-state index in [9.17, 15) is 114 Å². The largest absolute Gasteiger partial charge is 3.00 e. The summed E-state index contributed by atoms with van der Waals surface area (Å²) in [7, 11) is 0. The van der Waals surface area contributed by atoms with Crippen molar-refractivity contribution in [3.05, 3.63) is 0 Å². The topological polar surface area (TPSA) is 192 Å². The zero-order valence-electron chi connectivity index (χ0n) is 30.7. The van der Waals surface area contributed by atoms with Crippen molar-refractivity contribution in [3.8, 4) is 0 Å². The van der Waals surface area contributed by atoms with E-state index in [1.54, 1.807) is 0 Å². The van der Waals surface area contributed by atoms with Crippen LogP contribution in [0, 0.1) is 39.9 Å². The van der Waals surface area contributed by atoms with Crippen LogP contribution in [0.2, 0.25) is 0 Å². The zero-order valence-corrected chi connectivity index (χ0v) is 32.9. The van der Waals surface area contributed by atoms with E-state index in [2.05, 4.69) is 4.74 Å². The van der Waals surface area contributed by atoms with Gasteiger partial charge in [0.15, 0.2) is 0 Å². The number of aliphatic hydroxyl groups excluding tert-OH is 1. The Bertz CT molecular complexity index is 1440. The number of halogens is 17. The number of rotatable bonds is 21. The maximum absolute atomic E-state index is 14.1. The third-order valence-corrected chi connectivity index (χ3v) is 8.57. The molecule has 1 atom stereocenters. The molecule has 1 heterocycles. The first kappa shape index (κ1) is 58.8. The molecule has 1 aliphatic heterocycles. The molecule has 0 aromatic rings. The Morgan fingerprint density at radius 1 is 0.541 bits per heavy atom. The summed E-state index contributed by atoms with van der Waals surface area (Å²) in [6.07, 6.45) is -12.4. The van der Waals surface area contributed by atoms with Gasteiger partial charge in [-0.15, -0.1) is 0 Å². The van der Waals surface area contributed by atoms with Crippen molar-refractivity contribution in [2.45, 2.75) is 60.2 Å². The van der Waals surface area contributed by atoms with Crippen molar-refractivity contribution in [3.63, 3.8) is 0 Å². The number of aliphatic carboxylic acids is 3. The SMILES string of the molecule is O=C([O-])CN1CCN(CC(=O)[O-])CCN(CC(O)CNC(=O)COCCC(F)(F)C(F)(F)C(F)(F)C(F)(F)C(F)(F)C(F)(F)C(F)(F)C(F)(F)F)CCN(CC(=O)[O-])CC1.[Gd+3]. The van der Waals surface area contributed by atoms with Crippen molar-refractivity contribution >= 4 is 23.8 Å². The predicted octanol–water partition coefficient (Wildman–Crippen LogP) is -1.65. The smallest absolute Gasteiger partial charge is 0.549 e. The zero-order chi connectivity index (χ0) is 46.9. The number of hydrogen-bond acceptors (Lipinski definition) is 13. The Morgan fingerprint density at radius 2 is 0.852 bits per heavy atom. The number of carbonyl (C=O) groups excluding carboxylic acids is 4. The molecule has 1 fully saturated rings. The second-order valence-corrected chi connectivity index (χ2v) is 13.2. The fraction of sp³-hybridized carbons (Fsp3) is 0.862. The fourth-order valence-electron chi connectivity index (χ4n) is 5.15. The van der Waals surface area contributed by atoms with Crippen LogP contribution in [0.4, 0.5) is 74.6 Å². The third kappa shape index (κ3) is 14.9. The molecule has 0 spiro atoms. The second kappa shape index (κ2) is 22.6. The summed E-state index contributed by atoms with van der Waals surface area (Å²) in [4.78, 5) is 51.2. The van der Waals surface area contributed by atoms with Crippen LogP contribution in [-0.4, -0.2) is 201 Å². The van der Waals surface area contributed by atoms with Crippen molar-refractivity contribution in [1.29, 1.82) is 0 Å². The van der Waals surface area contributed by atoms with Crippen molar-refractivity contribution < 1.29 is 159 Å². The molecule has 0 bridgehead atoms. The molecule has 2 N–H and O–H groups in total. The number of amides is 1. The first-order valence-electron chi connectivity index (χ1n) is 16.7. The number of carbonyl (C=O) groups is 4. The van der Waals surface area contributed by atoms with E-state index < -0.39 is 123 Å². The van der Waals surface area contributed by atoms with E-state index in [1.165, 1.54) is 19.6 Å². The predicted molar refractivity (Wildman–Crippen MR) is 156 cm³/mol. The van der Waals surface area contributed by atoms with Gasteiger partial charge < -0.3 is 44.9 Å². The first-order chi connectivity index (χ1) is 27.0. The minimum Gasteiger partial charge on any atom is -0.549 e. The summed E-state index contributed by atoms with van der Waals surface area (Å²) in [5, 5.41) is 46.1. The number of nitrogens with one attached hydrogen (secondary N) is 1. The minimum atomic E-state index is -8.77. The summed E-state index contributed by atoms with van der Waals surface area (Å²) in [6, 6.07) is 0. The number of carboxylic acid groups (broad SMARTS) is 3. The van der Waals surface area contributed by atoms with Crippen LogP contribution in [-0.2, 0) is 23.9 Å². The van der Waals surface area contributed by atoms with Crippen LogP contribution in [0.5, 0.6) is 0 Å². The van der Waals surface area contributed by atoms with Gasteiger partial charge in [0.05, 0.1) is 30.6 Å². The number of β-amino-alcohol motifs (C(OH)–C–C–N with tert-alkyl or cyclic N) is 1.